The van der Waals surface area contributed by atoms with E-state index in [4.69, 9.17) is 9.47 Å². The summed E-state index contributed by atoms with van der Waals surface area (Å²) in [6.45, 7) is 1.23. The van der Waals surface area contributed by atoms with Crippen molar-refractivity contribution < 1.29 is 14.3 Å². The van der Waals surface area contributed by atoms with Crippen LogP contribution in [0.4, 0.5) is 0 Å². The molecule has 0 saturated carbocycles. The van der Waals surface area contributed by atoms with Crippen molar-refractivity contribution in [1.29, 1.82) is 0 Å². The number of hydrogen-bond acceptors (Lipinski definition) is 5. The van der Waals surface area contributed by atoms with Crippen LogP contribution in [-0.2, 0) is 11.4 Å². The molecule has 2 heterocycles. The zero-order chi connectivity index (χ0) is 18.6. The normalized spacial score (nSPS) is 17.7. The van der Waals surface area contributed by atoms with Crippen LogP contribution in [0.25, 0.3) is 6.08 Å². The fourth-order valence-electron chi connectivity index (χ4n) is 2.97. The van der Waals surface area contributed by atoms with Gasteiger partial charge in [0.1, 0.15) is 23.8 Å². The molecule has 138 valence electrons. The summed E-state index contributed by atoms with van der Waals surface area (Å²) in [7, 11) is 1.65. The SMILES string of the molecule is COc1cccc(COc2ccc(/C=C3\N=C4SCCCN4C3=O)cc2)c1. The number of benzene rings is 2. The van der Waals surface area contributed by atoms with Gasteiger partial charge in [0.2, 0.25) is 0 Å². The number of ether oxygens (including phenoxy) is 2. The summed E-state index contributed by atoms with van der Waals surface area (Å²) in [5.74, 6) is 2.61. The molecule has 0 aromatic heterocycles. The van der Waals surface area contributed by atoms with Gasteiger partial charge in [-0.05, 0) is 47.9 Å². The van der Waals surface area contributed by atoms with Crippen molar-refractivity contribution in [2.45, 2.75) is 13.0 Å². The van der Waals surface area contributed by atoms with Gasteiger partial charge in [-0.1, -0.05) is 36.0 Å². The Labute approximate surface area is 162 Å². The van der Waals surface area contributed by atoms with Crippen LogP contribution in [0.1, 0.15) is 17.5 Å². The summed E-state index contributed by atoms with van der Waals surface area (Å²) in [6.07, 6.45) is 2.85. The van der Waals surface area contributed by atoms with Gasteiger partial charge in [-0.2, -0.15) is 0 Å². The zero-order valence-electron chi connectivity index (χ0n) is 15.1. The third kappa shape index (κ3) is 4.01. The number of carbonyl (C=O) groups excluding carboxylic acids is 1. The molecular weight excluding hydrogens is 360 g/mol. The highest BCUT2D eigenvalue weighted by Crippen LogP contribution is 2.28. The van der Waals surface area contributed by atoms with E-state index in [-0.39, 0.29) is 5.91 Å². The largest absolute Gasteiger partial charge is 0.497 e. The van der Waals surface area contributed by atoms with Gasteiger partial charge in [0.25, 0.3) is 5.91 Å². The predicted molar refractivity (Wildman–Crippen MR) is 108 cm³/mol. The summed E-state index contributed by atoms with van der Waals surface area (Å²) in [5.41, 5.74) is 2.48. The highest BCUT2D eigenvalue weighted by molar-refractivity contribution is 8.13. The van der Waals surface area contributed by atoms with Crippen LogP contribution in [0.2, 0.25) is 0 Å². The molecule has 1 saturated heterocycles. The van der Waals surface area contributed by atoms with Gasteiger partial charge in [0, 0.05) is 12.3 Å². The maximum absolute atomic E-state index is 12.4. The van der Waals surface area contributed by atoms with Crippen molar-refractivity contribution in [2.75, 3.05) is 19.4 Å². The lowest BCUT2D eigenvalue weighted by Crippen LogP contribution is -2.34. The van der Waals surface area contributed by atoms with Crippen LogP contribution in [-0.4, -0.2) is 35.4 Å². The summed E-state index contributed by atoms with van der Waals surface area (Å²) in [5, 5.41) is 0.829. The summed E-state index contributed by atoms with van der Waals surface area (Å²) < 4.78 is 11.1. The van der Waals surface area contributed by atoms with E-state index in [2.05, 4.69) is 4.99 Å². The van der Waals surface area contributed by atoms with Gasteiger partial charge in [-0.3, -0.25) is 9.69 Å². The second kappa shape index (κ2) is 7.88. The molecule has 27 heavy (non-hydrogen) atoms. The number of aliphatic imine (C=N–C) groups is 1. The molecule has 2 aromatic rings. The molecule has 1 fully saturated rings. The van der Waals surface area contributed by atoms with Gasteiger partial charge >= 0.3 is 0 Å². The third-order valence-corrected chi connectivity index (χ3v) is 5.45. The first kappa shape index (κ1) is 17.7. The van der Waals surface area contributed by atoms with Gasteiger partial charge in [0.05, 0.1) is 7.11 Å². The minimum atomic E-state index is -0.00412. The van der Waals surface area contributed by atoms with Crippen LogP contribution >= 0.6 is 11.8 Å². The Morgan fingerprint density at radius 3 is 2.81 bits per heavy atom. The van der Waals surface area contributed by atoms with E-state index in [0.29, 0.717) is 12.3 Å². The molecule has 0 N–H and O–H groups in total. The van der Waals surface area contributed by atoms with Crippen LogP contribution in [0.3, 0.4) is 0 Å². The number of rotatable bonds is 5. The van der Waals surface area contributed by atoms with Gasteiger partial charge in [-0.25, -0.2) is 4.99 Å². The highest BCUT2D eigenvalue weighted by atomic mass is 32.2. The van der Waals surface area contributed by atoms with Gasteiger partial charge in [-0.15, -0.1) is 0 Å². The number of fused-ring (bicyclic) bond motifs is 1. The van der Waals surface area contributed by atoms with E-state index in [0.717, 1.165) is 46.5 Å². The Kier molecular flexibility index (Phi) is 5.16. The quantitative estimate of drug-likeness (QED) is 0.737. The maximum atomic E-state index is 12.4. The zero-order valence-corrected chi connectivity index (χ0v) is 15.9. The first-order valence-electron chi connectivity index (χ1n) is 8.84. The summed E-state index contributed by atoms with van der Waals surface area (Å²) in [4.78, 5) is 18.7. The van der Waals surface area contributed by atoms with E-state index in [1.807, 2.05) is 54.6 Å². The van der Waals surface area contributed by atoms with E-state index < -0.39 is 0 Å². The fraction of sp³-hybridized carbons (Fsp3) is 0.238. The lowest BCUT2D eigenvalue weighted by atomic mass is 10.2. The first-order valence-corrected chi connectivity index (χ1v) is 9.82. The van der Waals surface area contributed by atoms with Crippen molar-refractivity contribution >= 4 is 28.9 Å². The van der Waals surface area contributed by atoms with Crippen LogP contribution in [0, 0.1) is 0 Å². The molecule has 0 atom stereocenters. The minimum Gasteiger partial charge on any atom is -0.497 e. The van der Waals surface area contributed by atoms with E-state index in [9.17, 15) is 4.79 Å². The molecule has 4 rings (SSSR count). The smallest absolute Gasteiger partial charge is 0.278 e. The Balaban J connectivity index is 1.42. The van der Waals surface area contributed by atoms with Crippen LogP contribution in [0.5, 0.6) is 11.5 Å². The Bertz CT molecular complexity index is 906. The van der Waals surface area contributed by atoms with E-state index >= 15 is 0 Å². The van der Waals surface area contributed by atoms with Crippen molar-refractivity contribution in [3.05, 3.63) is 65.4 Å². The number of nitrogens with zero attached hydrogens (tertiary/aromatic N) is 2. The van der Waals surface area contributed by atoms with Crippen molar-refractivity contribution in [2.24, 2.45) is 4.99 Å². The Morgan fingerprint density at radius 2 is 2.04 bits per heavy atom. The van der Waals surface area contributed by atoms with Crippen LogP contribution < -0.4 is 9.47 Å². The Hall–Kier alpha value is -2.73. The molecule has 5 nitrogen and oxygen atoms in total. The maximum Gasteiger partial charge on any atom is 0.278 e. The van der Waals surface area contributed by atoms with Crippen molar-refractivity contribution in [3.63, 3.8) is 0 Å². The number of amides is 1. The molecule has 1 amide bonds. The number of methoxy groups -OCH3 is 1. The third-order valence-electron chi connectivity index (χ3n) is 4.39. The van der Waals surface area contributed by atoms with E-state index in [1.54, 1.807) is 23.8 Å². The average molecular weight is 380 g/mol. The first-order chi connectivity index (χ1) is 13.2. The molecule has 6 heteroatoms. The molecule has 0 aliphatic carbocycles. The number of amidine groups is 1. The molecular formula is C21H20N2O3S. The predicted octanol–water partition coefficient (Wildman–Crippen LogP) is 3.95. The van der Waals surface area contributed by atoms with Gasteiger partial charge < -0.3 is 9.47 Å². The summed E-state index contributed by atoms with van der Waals surface area (Å²) in [6, 6.07) is 15.5. The summed E-state index contributed by atoms with van der Waals surface area (Å²) >= 11 is 1.65. The second-order valence-corrected chi connectivity index (χ2v) is 7.35. The molecule has 0 unspecified atom stereocenters. The number of thioether (sulfide) groups is 1. The molecule has 2 aromatic carbocycles. The standard InChI is InChI=1S/C21H20N2O3S/c1-25-18-5-2-4-16(12-18)14-26-17-8-6-15(7-9-17)13-19-20(24)23-10-3-11-27-21(23)22-19/h2,4-9,12-13H,3,10-11,14H2,1H3/b19-13-. The highest BCUT2D eigenvalue weighted by Gasteiger charge is 2.32. The molecule has 2 aliphatic rings. The van der Waals surface area contributed by atoms with Crippen LogP contribution in [0.15, 0.2) is 59.2 Å². The molecule has 0 spiro atoms. The minimum absolute atomic E-state index is 0.00412. The molecule has 2 aliphatic heterocycles. The van der Waals surface area contributed by atoms with Crippen molar-refractivity contribution in [1.82, 2.24) is 4.90 Å². The lowest BCUT2D eigenvalue weighted by Gasteiger charge is -2.21. The number of carbonyl (C=O) groups is 1. The molecule has 0 bridgehead atoms. The topological polar surface area (TPSA) is 51.1 Å². The second-order valence-electron chi connectivity index (χ2n) is 6.29. The fourth-order valence-corrected chi connectivity index (χ4v) is 3.92. The van der Waals surface area contributed by atoms with Gasteiger partial charge in [0.15, 0.2) is 5.17 Å². The number of hydrogen-bond donors (Lipinski definition) is 0. The average Bonchev–Trinajstić information content (AvgIpc) is 3.03. The van der Waals surface area contributed by atoms with Crippen molar-refractivity contribution in [3.8, 4) is 11.5 Å². The Morgan fingerprint density at radius 1 is 1.19 bits per heavy atom. The monoisotopic (exact) mass is 380 g/mol. The lowest BCUT2D eigenvalue weighted by molar-refractivity contribution is -0.122. The molecule has 0 radical (unpaired) electrons. The van der Waals surface area contributed by atoms with E-state index in [1.165, 1.54) is 0 Å².